The molecule has 0 fully saturated rings. The van der Waals surface area contributed by atoms with Crippen molar-refractivity contribution in [1.29, 1.82) is 0 Å². The molecule has 1 heterocycles. The Labute approximate surface area is 170 Å². The molecule has 2 aromatic carbocycles. The van der Waals surface area contributed by atoms with Crippen molar-refractivity contribution in [2.45, 2.75) is 29.4 Å². The van der Waals surface area contributed by atoms with Gasteiger partial charge in [0.1, 0.15) is 5.75 Å². The van der Waals surface area contributed by atoms with Gasteiger partial charge in [-0.1, -0.05) is 12.1 Å². The molecule has 0 unspecified atom stereocenters. The minimum Gasteiger partial charge on any atom is -0.497 e. The second-order valence-electron chi connectivity index (χ2n) is 6.38. The zero-order chi connectivity index (χ0) is 20.3. The van der Waals surface area contributed by atoms with Crippen LogP contribution in [0.4, 0.5) is 5.69 Å². The average Bonchev–Trinajstić information content (AvgIpc) is 2.93. The van der Waals surface area contributed by atoms with E-state index in [1.807, 2.05) is 43.3 Å². The lowest BCUT2D eigenvalue weighted by Gasteiger charge is -2.09. The number of thioether (sulfide) groups is 1. The van der Waals surface area contributed by atoms with E-state index in [9.17, 15) is 8.42 Å². The highest BCUT2D eigenvalue weighted by Gasteiger charge is 2.19. The van der Waals surface area contributed by atoms with Gasteiger partial charge in [0, 0.05) is 17.7 Å². The predicted octanol–water partition coefficient (Wildman–Crippen LogP) is 4.14. The Bertz CT molecular complexity index is 1060. The molecule has 0 spiro atoms. The van der Waals surface area contributed by atoms with Crippen molar-refractivity contribution < 1.29 is 13.2 Å². The van der Waals surface area contributed by atoms with E-state index in [1.165, 1.54) is 0 Å². The van der Waals surface area contributed by atoms with Crippen LogP contribution in [0.25, 0.3) is 0 Å². The summed E-state index contributed by atoms with van der Waals surface area (Å²) in [5, 5.41) is 4.25. The second kappa shape index (κ2) is 8.28. The SMILES string of the molecule is COc1ccc(SCc2ccc(S(=O)(=O)Nc3c(C)nn(C)c3C)cc2)cc1. The monoisotopic (exact) mass is 417 g/mol. The number of nitrogens with zero attached hydrogens (tertiary/aromatic N) is 2. The quantitative estimate of drug-likeness (QED) is 0.585. The highest BCUT2D eigenvalue weighted by molar-refractivity contribution is 7.98. The summed E-state index contributed by atoms with van der Waals surface area (Å²) in [7, 11) is -0.231. The van der Waals surface area contributed by atoms with Crippen molar-refractivity contribution in [3.8, 4) is 5.75 Å². The Morgan fingerprint density at radius 3 is 2.25 bits per heavy atom. The van der Waals surface area contributed by atoms with Gasteiger partial charge in [-0.3, -0.25) is 9.40 Å². The molecule has 28 heavy (non-hydrogen) atoms. The van der Waals surface area contributed by atoms with Crippen LogP contribution < -0.4 is 9.46 Å². The van der Waals surface area contributed by atoms with Crippen molar-refractivity contribution in [2.75, 3.05) is 11.8 Å². The van der Waals surface area contributed by atoms with Crippen LogP contribution in [0.15, 0.2) is 58.3 Å². The Kier molecular flexibility index (Phi) is 6.00. The molecular formula is C20H23N3O3S2. The third kappa shape index (κ3) is 4.51. The predicted molar refractivity (Wildman–Crippen MR) is 112 cm³/mol. The molecule has 0 aliphatic rings. The summed E-state index contributed by atoms with van der Waals surface area (Å²) in [6, 6.07) is 14.8. The topological polar surface area (TPSA) is 73.2 Å². The third-order valence-electron chi connectivity index (χ3n) is 4.44. The Morgan fingerprint density at radius 1 is 1.07 bits per heavy atom. The molecule has 8 heteroatoms. The molecule has 3 rings (SSSR count). The van der Waals surface area contributed by atoms with Crippen LogP contribution in [0.2, 0.25) is 0 Å². The number of hydrogen-bond acceptors (Lipinski definition) is 5. The summed E-state index contributed by atoms with van der Waals surface area (Å²) in [6.45, 7) is 3.61. The van der Waals surface area contributed by atoms with E-state index in [2.05, 4.69) is 9.82 Å². The number of nitrogens with one attached hydrogen (secondary N) is 1. The highest BCUT2D eigenvalue weighted by atomic mass is 32.2. The minimum absolute atomic E-state index is 0.230. The summed E-state index contributed by atoms with van der Waals surface area (Å²) >= 11 is 1.68. The number of rotatable bonds is 7. The summed E-state index contributed by atoms with van der Waals surface area (Å²) in [5.74, 6) is 1.58. The van der Waals surface area contributed by atoms with Gasteiger partial charge in [0.2, 0.25) is 0 Å². The number of hydrogen-bond donors (Lipinski definition) is 1. The van der Waals surface area contributed by atoms with E-state index in [4.69, 9.17) is 4.74 Å². The number of benzene rings is 2. The van der Waals surface area contributed by atoms with Gasteiger partial charge in [0.05, 0.1) is 29.1 Å². The minimum atomic E-state index is -3.66. The fraction of sp³-hybridized carbons (Fsp3) is 0.250. The van der Waals surface area contributed by atoms with Crippen LogP contribution in [-0.2, 0) is 22.8 Å². The number of methoxy groups -OCH3 is 1. The molecular weight excluding hydrogens is 394 g/mol. The maximum Gasteiger partial charge on any atom is 0.262 e. The van der Waals surface area contributed by atoms with E-state index in [0.717, 1.165) is 27.7 Å². The molecule has 3 aromatic rings. The van der Waals surface area contributed by atoms with Crippen molar-refractivity contribution >= 4 is 27.5 Å². The van der Waals surface area contributed by atoms with Crippen LogP contribution in [-0.4, -0.2) is 25.3 Å². The molecule has 1 N–H and O–H groups in total. The number of ether oxygens (including phenoxy) is 1. The first kappa shape index (κ1) is 20.3. The Morgan fingerprint density at radius 2 is 1.71 bits per heavy atom. The van der Waals surface area contributed by atoms with Crippen LogP contribution >= 0.6 is 11.8 Å². The lowest BCUT2D eigenvalue weighted by atomic mass is 10.2. The molecule has 1 aromatic heterocycles. The summed E-state index contributed by atoms with van der Waals surface area (Å²) in [5.41, 5.74) is 3.00. The molecule has 0 saturated carbocycles. The Hall–Kier alpha value is -2.45. The average molecular weight is 418 g/mol. The second-order valence-corrected chi connectivity index (χ2v) is 9.11. The van der Waals surface area contributed by atoms with Gasteiger partial charge in [0.25, 0.3) is 10.0 Å². The smallest absolute Gasteiger partial charge is 0.262 e. The molecule has 6 nitrogen and oxygen atoms in total. The zero-order valence-corrected chi connectivity index (χ0v) is 17.9. The molecule has 0 aliphatic heterocycles. The molecule has 0 saturated heterocycles. The molecule has 0 bridgehead atoms. The number of aromatic nitrogens is 2. The van der Waals surface area contributed by atoms with E-state index >= 15 is 0 Å². The standard InChI is InChI=1S/C20H23N3O3S2/c1-14-20(15(2)23(3)21-14)22-28(24,25)19-11-5-16(6-12-19)13-27-18-9-7-17(26-4)8-10-18/h5-12,22H,13H2,1-4H3. The highest BCUT2D eigenvalue weighted by Crippen LogP contribution is 2.26. The summed E-state index contributed by atoms with van der Waals surface area (Å²) < 4.78 is 34.9. The number of sulfonamides is 1. The normalized spacial score (nSPS) is 11.4. The fourth-order valence-corrected chi connectivity index (χ4v) is 4.75. The van der Waals surface area contributed by atoms with Crippen LogP contribution in [0.3, 0.4) is 0 Å². The molecule has 0 aliphatic carbocycles. The van der Waals surface area contributed by atoms with Crippen LogP contribution in [0, 0.1) is 13.8 Å². The third-order valence-corrected chi connectivity index (χ3v) is 6.89. The van der Waals surface area contributed by atoms with Gasteiger partial charge >= 0.3 is 0 Å². The zero-order valence-electron chi connectivity index (χ0n) is 16.3. The lowest BCUT2D eigenvalue weighted by Crippen LogP contribution is -2.14. The molecule has 0 radical (unpaired) electrons. The Balaban J connectivity index is 1.68. The maximum absolute atomic E-state index is 12.7. The van der Waals surface area contributed by atoms with Crippen LogP contribution in [0.5, 0.6) is 5.75 Å². The van der Waals surface area contributed by atoms with Gasteiger partial charge in [-0.25, -0.2) is 8.42 Å². The van der Waals surface area contributed by atoms with Gasteiger partial charge in [-0.05, 0) is 55.8 Å². The first-order valence-electron chi connectivity index (χ1n) is 8.69. The van der Waals surface area contributed by atoms with Gasteiger partial charge in [-0.15, -0.1) is 11.8 Å². The molecule has 0 amide bonds. The first-order valence-corrected chi connectivity index (χ1v) is 11.2. The van der Waals surface area contributed by atoms with Crippen molar-refractivity contribution in [3.63, 3.8) is 0 Å². The fourth-order valence-electron chi connectivity index (χ4n) is 2.72. The van der Waals surface area contributed by atoms with E-state index in [0.29, 0.717) is 11.4 Å². The summed E-state index contributed by atoms with van der Waals surface area (Å²) in [4.78, 5) is 1.36. The lowest BCUT2D eigenvalue weighted by molar-refractivity contribution is 0.414. The first-order chi connectivity index (χ1) is 13.3. The molecule has 148 valence electrons. The largest absolute Gasteiger partial charge is 0.497 e. The number of anilines is 1. The number of aryl methyl sites for hydroxylation is 2. The van der Waals surface area contributed by atoms with E-state index in [1.54, 1.807) is 49.7 Å². The van der Waals surface area contributed by atoms with Gasteiger partial charge < -0.3 is 4.74 Å². The van der Waals surface area contributed by atoms with E-state index in [-0.39, 0.29) is 4.90 Å². The van der Waals surface area contributed by atoms with Crippen molar-refractivity contribution in [2.24, 2.45) is 7.05 Å². The van der Waals surface area contributed by atoms with Gasteiger partial charge in [-0.2, -0.15) is 5.10 Å². The summed E-state index contributed by atoms with van der Waals surface area (Å²) in [6.07, 6.45) is 0. The molecule has 0 atom stereocenters. The van der Waals surface area contributed by atoms with Crippen molar-refractivity contribution in [3.05, 3.63) is 65.5 Å². The van der Waals surface area contributed by atoms with Crippen LogP contribution in [0.1, 0.15) is 17.0 Å². The van der Waals surface area contributed by atoms with Gasteiger partial charge in [0.15, 0.2) is 0 Å². The van der Waals surface area contributed by atoms with Crippen molar-refractivity contribution in [1.82, 2.24) is 9.78 Å². The maximum atomic E-state index is 12.7. The van der Waals surface area contributed by atoms with E-state index < -0.39 is 10.0 Å².